The molecule has 0 radical (unpaired) electrons. The van der Waals surface area contributed by atoms with Crippen molar-refractivity contribution in [1.29, 1.82) is 0 Å². The van der Waals surface area contributed by atoms with Crippen LogP contribution in [-0.2, 0) is 4.79 Å². The molecule has 0 spiro atoms. The molecule has 0 unspecified atom stereocenters. The molecule has 1 aromatic rings. The lowest BCUT2D eigenvalue weighted by Crippen LogP contribution is -2.32. The van der Waals surface area contributed by atoms with Crippen LogP contribution in [-0.4, -0.2) is 22.2 Å². The van der Waals surface area contributed by atoms with Crippen molar-refractivity contribution in [2.45, 2.75) is 42.3 Å². The molecule has 3 nitrogen and oxygen atoms in total. The fourth-order valence-corrected chi connectivity index (χ4v) is 3.13. The van der Waals surface area contributed by atoms with Gasteiger partial charge in [-0.3, -0.25) is 4.79 Å². The van der Waals surface area contributed by atoms with E-state index in [2.05, 4.69) is 10.3 Å². The van der Waals surface area contributed by atoms with Crippen molar-refractivity contribution >= 4 is 29.0 Å². The third-order valence-corrected chi connectivity index (χ3v) is 4.36. The lowest BCUT2D eigenvalue weighted by Gasteiger charge is -2.09. The molecule has 0 bridgehead atoms. The molecule has 2 rings (SSSR count). The van der Waals surface area contributed by atoms with E-state index in [0.717, 1.165) is 22.9 Å². The van der Waals surface area contributed by atoms with E-state index in [1.165, 1.54) is 11.8 Å². The van der Waals surface area contributed by atoms with Gasteiger partial charge < -0.3 is 5.32 Å². The van der Waals surface area contributed by atoms with Crippen molar-refractivity contribution in [3.05, 3.63) is 11.1 Å². The molecule has 1 heterocycles. The second-order valence-corrected chi connectivity index (χ2v) is 6.24. The van der Waals surface area contributed by atoms with Gasteiger partial charge in [-0.2, -0.15) is 0 Å². The molecule has 0 aliphatic heterocycles. The summed E-state index contributed by atoms with van der Waals surface area (Å²) in [5.41, 5.74) is 1.03. The number of thioether (sulfide) groups is 1. The van der Waals surface area contributed by atoms with E-state index in [9.17, 15) is 4.79 Å². The molecule has 0 saturated heterocycles. The predicted molar refractivity (Wildman–Crippen MR) is 63.3 cm³/mol. The van der Waals surface area contributed by atoms with Gasteiger partial charge in [0.15, 0.2) is 4.34 Å². The number of rotatable bonds is 4. The minimum absolute atomic E-state index is 0.0452. The number of carbonyl (C=O) groups excluding carboxylic acids is 1. The first-order valence-corrected chi connectivity index (χ1v) is 6.80. The van der Waals surface area contributed by atoms with Crippen molar-refractivity contribution in [2.24, 2.45) is 0 Å². The van der Waals surface area contributed by atoms with Crippen LogP contribution in [0.4, 0.5) is 0 Å². The highest BCUT2D eigenvalue weighted by atomic mass is 32.2. The Labute approximate surface area is 97.7 Å². The van der Waals surface area contributed by atoms with Gasteiger partial charge in [-0.05, 0) is 26.7 Å². The first-order valence-electron chi connectivity index (χ1n) is 5.04. The Hall–Kier alpha value is -0.550. The van der Waals surface area contributed by atoms with Crippen molar-refractivity contribution in [3.8, 4) is 0 Å². The Kier molecular flexibility index (Phi) is 3.31. The van der Waals surface area contributed by atoms with Crippen molar-refractivity contribution in [3.63, 3.8) is 0 Å². The lowest BCUT2D eigenvalue weighted by molar-refractivity contribution is -0.120. The van der Waals surface area contributed by atoms with Gasteiger partial charge in [0.1, 0.15) is 0 Å². The van der Waals surface area contributed by atoms with E-state index >= 15 is 0 Å². The Bertz CT molecular complexity index is 360. The summed E-state index contributed by atoms with van der Waals surface area (Å²) < 4.78 is 0.978. The molecule has 1 N–H and O–H groups in total. The molecule has 15 heavy (non-hydrogen) atoms. The summed E-state index contributed by atoms with van der Waals surface area (Å²) in [6.45, 7) is 3.90. The topological polar surface area (TPSA) is 42.0 Å². The average Bonchev–Trinajstić information content (AvgIpc) is 2.90. The molecule has 1 atom stereocenters. The molecule has 1 aromatic heterocycles. The minimum atomic E-state index is -0.0452. The van der Waals surface area contributed by atoms with Crippen molar-refractivity contribution in [2.75, 3.05) is 0 Å². The molecule has 0 aromatic carbocycles. The van der Waals surface area contributed by atoms with Gasteiger partial charge in [0.25, 0.3) is 0 Å². The summed E-state index contributed by atoms with van der Waals surface area (Å²) >= 11 is 3.14. The number of amides is 1. The first kappa shape index (κ1) is 11.0. The Morgan fingerprint density at radius 1 is 1.73 bits per heavy atom. The normalized spacial score (nSPS) is 17.5. The zero-order chi connectivity index (χ0) is 10.8. The maximum absolute atomic E-state index is 11.6. The number of nitrogens with one attached hydrogen (secondary N) is 1. The largest absolute Gasteiger partial charge is 0.352 e. The maximum Gasteiger partial charge on any atom is 0.233 e. The van der Waals surface area contributed by atoms with Crippen LogP contribution in [0.2, 0.25) is 0 Å². The summed E-state index contributed by atoms with van der Waals surface area (Å²) in [7, 11) is 0. The molecule has 1 amide bonds. The molecule has 1 aliphatic rings. The average molecular weight is 242 g/mol. The van der Waals surface area contributed by atoms with E-state index in [1.54, 1.807) is 11.3 Å². The van der Waals surface area contributed by atoms with E-state index in [0.29, 0.717) is 6.04 Å². The summed E-state index contributed by atoms with van der Waals surface area (Å²) in [6.07, 6.45) is 2.28. The van der Waals surface area contributed by atoms with Crippen LogP contribution in [0.3, 0.4) is 0 Å². The standard InChI is InChI=1S/C10H14N2OS2/c1-6-5-14-10(11-6)15-7(2)9(13)12-8-3-4-8/h5,7-8H,3-4H2,1-2H3,(H,12,13)/t7-/m1/s1. The number of nitrogens with zero attached hydrogens (tertiary/aromatic N) is 1. The quantitative estimate of drug-likeness (QED) is 0.823. The third-order valence-electron chi connectivity index (χ3n) is 2.17. The molecule has 1 fully saturated rings. The van der Waals surface area contributed by atoms with Crippen LogP contribution in [0.1, 0.15) is 25.5 Å². The zero-order valence-electron chi connectivity index (χ0n) is 8.82. The van der Waals surface area contributed by atoms with E-state index in [-0.39, 0.29) is 11.2 Å². The van der Waals surface area contributed by atoms with E-state index < -0.39 is 0 Å². The molecule has 1 saturated carbocycles. The highest BCUT2D eigenvalue weighted by Crippen LogP contribution is 2.27. The highest BCUT2D eigenvalue weighted by Gasteiger charge is 2.26. The molecule has 82 valence electrons. The first-order chi connectivity index (χ1) is 7.15. The number of thiazole rings is 1. The summed E-state index contributed by atoms with van der Waals surface area (Å²) in [4.78, 5) is 16.0. The van der Waals surface area contributed by atoms with Crippen LogP contribution in [0, 0.1) is 6.92 Å². The second-order valence-electron chi connectivity index (χ2n) is 3.80. The van der Waals surface area contributed by atoms with Crippen LogP contribution < -0.4 is 5.32 Å². The monoisotopic (exact) mass is 242 g/mol. The third kappa shape index (κ3) is 3.21. The van der Waals surface area contributed by atoms with Crippen LogP contribution >= 0.6 is 23.1 Å². The van der Waals surface area contributed by atoms with Crippen molar-refractivity contribution < 1.29 is 4.79 Å². The van der Waals surface area contributed by atoms with E-state index in [4.69, 9.17) is 0 Å². The number of carbonyl (C=O) groups is 1. The number of aryl methyl sites for hydroxylation is 1. The smallest absolute Gasteiger partial charge is 0.233 e. The van der Waals surface area contributed by atoms with Gasteiger partial charge in [-0.25, -0.2) is 4.98 Å². The summed E-state index contributed by atoms with van der Waals surface area (Å²) in [6, 6.07) is 0.443. The predicted octanol–water partition coefficient (Wildman–Crippen LogP) is 2.21. The molecule has 5 heteroatoms. The number of hydrogen-bond donors (Lipinski definition) is 1. The van der Waals surface area contributed by atoms with Crippen LogP contribution in [0.5, 0.6) is 0 Å². The van der Waals surface area contributed by atoms with Gasteiger partial charge in [-0.1, -0.05) is 11.8 Å². The Morgan fingerprint density at radius 3 is 3.00 bits per heavy atom. The molecular weight excluding hydrogens is 228 g/mol. The Morgan fingerprint density at radius 2 is 2.47 bits per heavy atom. The highest BCUT2D eigenvalue weighted by molar-refractivity contribution is 8.02. The van der Waals surface area contributed by atoms with Gasteiger partial charge in [0, 0.05) is 17.1 Å². The SMILES string of the molecule is Cc1csc(S[C@H](C)C(=O)NC2CC2)n1. The molecular formula is C10H14N2OS2. The molecule has 1 aliphatic carbocycles. The lowest BCUT2D eigenvalue weighted by atomic mass is 10.4. The van der Waals surface area contributed by atoms with Crippen molar-refractivity contribution in [1.82, 2.24) is 10.3 Å². The minimum Gasteiger partial charge on any atom is -0.352 e. The number of hydrogen-bond acceptors (Lipinski definition) is 4. The fourth-order valence-electron chi connectivity index (χ4n) is 1.14. The maximum atomic E-state index is 11.6. The van der Waals surface area contributed by atoms with Gasteiger partial charge in [0.2, 0.25) is 5.91 Å². The number of aromatic nitrogens is 1. The van der Waals surface area contributed by atoms with Gasteiger partial charge >= 0.3 is 0 Å². The fraction of sp³-hybridized carbons (Fsp3) is 0.600. The van der Waals surface area contributed by atoms with Gasteiger partial charge in [0.05, 0.1) is 5.25 Å². The zero-order valence-corrected chi connectivity index (χ0v) is 10.5. The van der Waals surface area contributed by atoms with Gasteiger partial charge in [-0.15, -0.1) is 11.3 Å². The summed E-state index contributed by atoms with van der Waals surface area (Å²) in [5, 5.41) is 4.96. The van der Waals surface area contributed by atoms with Crippen LogP contribution in [0.25, 0.3) is 0 Å². The Balaban J connectivity index is 1.84. The summed E-state index contributed by atoms with van der Waals surface area (Å²) in [5.74, 6) is 0.135. The van der Waals surface area contributed by atoms with Crippen LogP contribution in [0.15, 0.2) is 9.72 Å². The van der Waals surface area contributed by atoms with E-state index in [1.807, 2.05) is 19.2 Å². The second kappa shape index (κ2) is 4.53.